The number of nitrogens with zero attached hydrogens (tertiary/aromatic N) is 2. The smallest absolute Gasteiger partial charge is 0.255 e. The molecule has 3 aromatic rings. The van der Waals surface area contributed by atoms with Crippen LogP contribution < -0.4 is 0 Å². The Kier molecular flexibility index (Phi) is 3.99. The Labute approximate surface area is 168 Å². The van der Waals surface area contributed by atoms with Crippen LogP contribution in [0, 0.1) is 0 Å². The SMILES string of the molecule is C[C@]12C(=O)N(C[C@@H](O)c3ccccc3)CC(=O)N1CCc1c2[nH]c2ccccc12. The van der Waals surface area contributed by atoms with E-state index in [-0.39, 0.29) is 24.9 Å². The number of fused-ring (bicyclic) bond motifs is 5. The monoisotopic (exact) mass is 389 g/mol. The predicted molar refractivity (Wildman–Crippen MR) is 109 cm³/mol. The van der Waals surface area contributed by atoms with E-state index in [1.807, 2.05) is 55.5 Å². The number of carbonyl (C=O) groups is 2. The summed E-state index contributed by atoms with van der Waals surface area (Å²) in [5, 5.41) is 11.7. The minimum absolute atomic E-state index is 0.00607. The van der Waals surface area contributed by atoms with Crippen molar-refractivity contribution >= 4 is 22.7 Å². The molecule has 1 fully saturated rings. The Balaban J connectivity index is 1.54. The molecule has 2 amide bonds. The summed E-state index contributed by atoms with van der Waals surface area (Å²) in [4.78, 5) is 33.2. The molecule has 3 heterocycles. The number of H-pyrrole nitrogens is 1. The van der Waals surface area contributed by atoms with Crippen LogP contribution in [0.2, 0.25) is 0 Å². The van der Waals surface area contributed by atoms with Gasteiger partial charge in [-0.05, 0) is 30.5 Å². The lowest BCUT2D eigenvalue weighted by Crippen LogP contribution is -2.67. The number of para-hydroxylation sites is 1. The summed E-state index contributed by atoms with van der Waals surface area (Å²) in [6.07, 6.45) is -0.116. The van der Waals surface area contributed by atoms with E-state index in [2.05, 4.69) is 11.1 Å². The third kappa shape index (κ3) is 2.59. The van der Waals surface area contributed by atoms with Gasteiger partial charge in [-0.25, -0.2) is 0 Å². The molecule has 0 radical (unpaired) electrons. The van der Waals surface area contributed by atoms with Gasteiger partial charge in [0, 0.05) is 17.4 Å². The lowest BCUT2D eigenvalue weighted by atomic mass is 9.83. The van der Waals surface area contributed by atoms with Crippen LogP contribution in [-0.4, -0.2) is 51.3 Å². The topological polar surface area (TPSA) is 76.6 Å². The van der Waals surface area contributed by atoms with Gasteiger partial charge in [-0.3, -0.25) is 9.59 Å². The number of benzene rings is 2. The van der Waals surface area contributed by atoms with E-state index >= 15 is 0 Å². The minimum Gasteiger partial charge on any atom is -0.387 e. The van der Waals surface area contributed by atoms with Crippen LogP contribution in [0.4, 0.5) is 0 Å². The maximum Gasteiger partial charge on any atom is 0.255 e. The molecule has 5 rings (SSSR count). The molecular formula is C23H23N3O3. The van der Waals surface area contributed by atoms with Crippen molar-refractivity contribution in [1.82, 2.24) is 14.8 Å². The zero-order chi connectivity index (χ0) is 20.2. The number of aromatic amines is 1. The second kappa shape index (κ2) is 6.46. The standard InChI is InChI=1S/C23H23N3O3/c1-23-21-17(16-9-5-6-10-18(16)24-21)11-12-26(23)20(28)14-25(22(23)29)13-19(27)15-7-3-2-4-8-15/h2-10,19,24,27H,11-14H2,1H3/t19-,23+/m1/s1. The third-order valence-corrected chi connectivity index (χ3v) is 6.33. The second-order valence-electron chi connectivity index (χ2n) is 8.00. The maximum atomic E-state index is 13.6. The lowest BCUT2D eigenvalue weighted by molar-refractivity contribution is -0.167. The number of hydrogen-bond acceptors (Lipinski definition) is 3. The number of hydrogen-bond donors (Lipinski definition) is 2. The summed E-state index contributed by atoms with van der Waals surface area (Å²) in [6, 6.07) is 17.2. The number of amides is 2. The third-order valence-electron chi connectivity index (χ3n) is 6.33. The van der Waals surface area contributed by atoms with E-state index < -0.39 is 11.6 Å². The maximum absolute atomic E-state index is 13.6. The van der Waals surface area contributed by atoms with Gasteiger partial charge in [-0.1, -0.05) is 48.5 Å². The Hall–Kier alpha value is -3.12. The van der Waals surface area contributed by atoms with E-state index in [9.17, 15) is 14.7 Å². The van der Waals surface area contributed by atoms with Crippen molar-refractivity contribution in [2.75, 3.05) is 19.6 Å². The Morgan fingerprint density at radius 1 is 1.10 bits per heavy atom. The number of aliphatic hydroxyl groups is 1. The summed E-state index contributed by atoms with van der Waals surface area (Å²) >= 11 is 0. The molecule has 0 saturated carbocycles. The summed E-state index contributed by atoms with van der Waals surface area (Å²) in [7, 11) is 0. The van der Waals surface area contributed by atoms with E-state index in [1.165, 1.54) is 4.90 Å². The summed E-state index contributed by atoms with van der Waals surface area (Å²) in [5.41, 5.74) is 2.52. The van der Waals surface area contributed by atoms with Crippen LogP contribution in [-0.2, 0) is 21.5 Å². The van der Waals surface area contributed by atoms with E-state index in [0.29, 0.717) is 6.54 Å². The molecule has 0 bridgehead atoms. The van der Waals surface area contributed by atoms with E-state index in [1.54, 1.807) is 4.90 Å². The Morgan fingerprint density at radius 3 is 2.62 bits per heavy atom. The number of piperazine rings is 1. The molecule has 2 N–H and O–H groups in total. The van der Waals surface area contributed by atoms with Crippen molar-refractivity contribution in [2.45, 2.75) is 25.0 Å². The number of aliphatic hydroxyl groups excluding tert-OH is 1. The van der Waals surface area contributed by atoms with Crippen molar-refractivity contribution in [1.29, 1.82) is 0 Å². The number of nitrogens with one attached hydrogen (secondary N) is 1. The molecule has 2 atom stereocenters. The van der Waals surface area contributed by atoms with E-state index in [4.69, 9.17) is 0 Å². The number of β-amino-alcohol motifs (C(OH)–C–C–N with tert-alkyl or cyclic N) is 1. The zero-order valence-corrected chi connectivity index (χ0v) is 16.3. The van der Waals surface area contributed by atoms with E-state index in [0.717, 1.165) is 34.1 Å². The van der Waals surface area contributed by atoms with Gasteiger partial charge >= 0.3 is 0 Å². The highest BCUT2D eigenvalue weighted by molar-refractivity contribution is 6.00. The zero-order valence-electron chi connectivity index (χ0n) is 16.3. The number of carbonyl (C=O) groups excluding carboxylic acids is 2. The number of aromatic nitrogens is 1. The van der Waals surface area contributed by atoms with Gasteiger partial charge in [0.1, 0.15) is 0 Å². The Morgan fingerprint density at radius 2 is 1.83 bits per heavy atom. The fraction of sp³-hybridized carbons (Fsp3) is 0.304. The van der Waals surface area contributed by atoms with Crippen molar-refractivity contribution in [3.63, 3.8) is 0 Å². The van der Waals surface area contributed by atoms with Crippen LogP contribution >= 0.6 is 0 Å². The Bertz CT molecular complexity index is 1110. The van der Waals surface area contributed by atoms with Gasteiger partial charge in [0.05, 0.1) is 24.9 Å². The molecule has 6 heteroatoms. The largest absolute Gasteiger partial charge is 0.387 e. The molecule has 148 valence electrons. The summed E-state index contributed by atoms with van der Waals surface area (Å²) in [5.74, 6) is -0.240. The molecule has 0 aliphatic carbocycles. The van der Waals surface area contributed by atoms with Crippen molar-refractivity contribution < 1.29 is 14.7 Å². The molecule has 29 heavy (non-hydrogen) atoms. The fourth-order valence-electron chi connectivity index (χ4n) is 4.82. The molecule has 2 aromatic carbocycles. The molecule has 2 aliphatic heterocycles. The minimum atomic E-state index is -1.08. The van der Waals surface area contributed by atoms with Crippen LogP contribution in [0.5, 0.6) is 0 Å². The lowest BCUT2D eigenvalue weighted by Gasteiger charge is -2.49. The van der Waals surface area contributed by atoms with Gasteiger partial charge in [0.15, 0.2) is 5.54 Å². The van der Waals surface area contributed by atoms with Gasteiger partial charge in [-0.15, -0.1) is 0 Å². The average molecular weight is 389 g/mol. The first kappa shape index (κ1) is 17.9. The second-order valence-corrected chi connectivity index (χ2v) is 8.00. The van der Waals surface area contributed by atoms with Crippen LogP contribution in [0.25, 0.3) is 10.9 Å². The van der Waals surface area contributed by atoms with Gasteiger partial charge in [0.25, 0.3) is 5.91 Å². The van der Waals surface area contributed by atoms with Crippen molar-refractivity contribution in [2.24, 2.45) is 0 Å². The fourth-order valence-corrected chi connectivity index (χ4v) is 4.82. The highest BCUT2D eigenvalue weighted by Crippen LogP contribution is 2.42. The first-order chi connectivity index (χ1) is 14.0. The van der Waals surface area contributed by atoms with Crippen LogP contribution in [0.15, 0.2) is 54.6 Å². The van der Waals surface area contributed by atoms with Crippen LogP contribution in [0.3, 0.4) is 0 Å². The average Bonchev–Trinajstić information content (AvgIpc) is 3.13. The van der Waals surface area contributed by atoms with Gasteiger partial charge < -0.3 is 19.9 Å². The highest BCUT2D eigenvalue weighted by atomic mass is 16.3. The summed E-state index contributed by atoms with van der Waals surface area (Å²) in [6.45, 7) is 2.42. The molecule has 2 aliphatic rings. The van der Waals surface area contributed by atoms with Crippen molar-refractivity contribution in [3.8, 4) is 0 Å². The normalized spacial score (nSPS) is 22.6. The predicted octanol–water partition coefficient (Wildman–Crippen LogP) is 2.34. The highest BCUT2D eigenvalue weighted by Gasteiger charge is 2.54. The quantitative estimate of drug-likeness (QED) is 0.722. The molecule has 0 unspecified atom stereocenters. The van der Waals surface area contributed by atoms with Gasteiger partial charge in [0.2, 0.25) is 5.91 Å². The molecule has 1 saturated heterocycles. The first-order valence-corrected chi connectivity index (χ1v) is 9.93. The molecule has 0 spiro atoms. The number of rotatable bonds is 3. The molecular weight excluding hydrogens is 366 g/mol. The van der Waals surface area contributed by atoms with Gasteiger partial charge in [-0.2, -0.15) is 0 Å². The molecule has 1 aromatic heterocycles. The van der Waals surface area contributed by atoms with Crippen molar-refractivity contribution in [3.05, 3.63) is 71.4 Å². The molecule has 6 nitrogen and oxygen atoms in total. The van der Waals surface area contributed by atoms with Crippen LogP contribution in [0.1, 0.15) is 29.8 Å². The first-order valence-electron chi connectivity index (χ1n) is 9.93. The summed E-state index contributed by atoms with van der Waals surface area (Å²) < 4.78 is 0.